The molecule has 9 heteroatoms. The molecule has 0 radical (unpaired) electrons. The van der Waals surface area contributed by atoms with E-state index in [0.29, 0.717) is 23.7 Å². The molecule has 2 fully saturated rings. The number of carbonyl (C=O) groups is 2. The molecule has 2 aromatic carbocycles. The quantitative estimate of drug-likeness (QED) is 0.621. The first-order chi connectivity index (χ1) is 15.7. The molecule has 33 heavy (non-hydrogen) atoms. The van der Waals surface area contributed by atoms with Crippen LogP contribution in [0.4, 0.5) is 0 Å². The minimum atomic E-state index is -3.68. The summed E-state index contributed by atoms with van der Waals surface area (Å²) in [5, 5.41) is 0.648. The molecule has 1 aliphatic carbocycles. The van der Waals surface area contributed by atoms with E-state index in [1.165, 1.54) is 23.4 Å². The summed E-state index contributed by atoms with van der Waals surface area (Å²) in [6.45, 7) is 4.76. The number of hydrogen-bond donors (Lipinski definition) is 0. The summed E-state index contributed by atoms with van der Waals surface area (Å²) in [7, 11) is -3.68. The largest absolute Gasteiger partial charge is 0.340 e. The van der Waals surface area contributed by atoms with Crippen molar-refractivity contribution in [2.24, 2.45) is 0 Å². The topological polar surface area (TPSA) is 78.0 Å². The van der Waals surface area contributed by atoms with E-state index in [2.05, 4.69) is 0 Å². The van der Waals surface area contributed by atoms with E-state index in [1.807, 2.05) is 36.1 Å². The minimum absolute atomic E-state index is 0.0528. The van der Waals surface area contributed by atoms with Gasteiger partial charge in [-0.25, -0.2) is 8.42 Å². The Hall–Kier alpha value is -2.42. The maximum Gasteiger partial charge on any atom is 0.254 e. The van der Waals surface area contributed by atoms with Gasteiger partial charge >= 0.3 is 0 Å². The average Bonchev–Trinajstić information content (AvgIpc) is 3.65. The first kappa shape index (κ1) is 23.7. The van der Waals surface area contributed by atoms with Gasteiger partial charge in [0.2, 0.25) is 15.9 Å². The number of nitrogens with zero attached hydrogens (tertiary/aromatic N) is 3. The van der Waals surface area contributed by atoms with E-state index < -0.39 is 10.0 Å². The lowest BCUT2D eigenvalue weighted by Gasteiger charge is -2.33. The predicted octanol–water partition coefficient (Wildman–Crippen LogP) is 3.56. The molecule has 1 unspecified atom stereocenters. The molecule has 2 aliphatic rings. The van der Waals surface area contributed by atoms with Crippen molar-refractivity contribution in [2.45, 2.75) is 43.7 Å². The lowest BCUT2D eigenvalue weighted by molar-refractivity contribution is -0.129. The Kier molecular flexibility index (Phi) is 6.79. The Bertz CT molecular complexity index is 1120. The van der Waals surface area contributed by atoms with Crippen LogP contribution in [-0.4, -0.2) is 66.6 Å². The molecular weight excluding hydrogens is 462 g/mol. The first-order valence-electron chi connectivity index (χ1n) is 11.1. The third kappa shape index (κ3) is 5.08. The number of rotatable bonds is 6. The van der Waals surface area contributed by atoms with E-state index in [0.717, 1.165) is 18.4 Å². The second kappa shape index (κ2) is 9.44. The van der Waals surface area contributed by atoms with Crippen LogP contribution in [0.1, 0.15) is 48.7 Å². The Morgan fingerprint density at radius 3 is 2.06 bits per heavy atom. The molecule has 2 amide bonds. The molecule has 0 bridgehead atoms. The van der Waals surface area contributed by atoms with Crippen LogP contribution in [0.25, 0.3) is 0 Å². The highest BCUT2D eigenvalue weighted by molar-refractivity contribution is 7.89. The smallest absolute Gasteiger partial charge is 0.254 e. The molecule has 176 valence electrons. The molecule has 1 saturated carbocycles. The third-order valence-corrected chi connectivity index (χ3v) is 8.53. The van der Waals surface area contributed by atoms with Crippen LogP contribution in [0.2, 0.25) is 5.02 Å². The number of carbonyl (C=O) groups excluding carboxylic acids is 2. The van der Waals surface area contributed by atoms with E-state index >= 15 is 0 Å². The normalized spacial score (nSPS) is 18.1. The number of amides is 2. The van der Waals surface area contributed by atoms with Crippen molar-refractivity contribution in [3.63, 3.8) is 0 Å². The molecule has 1 aliphatic heterocycles. The number of sulfonamides is 1. The van der Waals surface area contributed by atoms with E-state index in [9.17, 15) is 18.0 Å². The van der Waals surface area contributed by atoms with Crippen molar-refractivity contribution >= 4 is 33.4 Å². The molecule has 0 spiro atoms. The van der Waals surface area contributed by atoms with E-state index in [4.69, 9.17) is 11.6 Å². The van der Waals surface area contributed by atoms with Gasteiger partial charge in [0.1, 0.15) is 0 Å². The SMILES string of the molecule is CC(=O)N1CCN(S(=O)(=O)c2ccc(C(=O)N(C3CC3)C(C)c3ccc(Cl)cc3)cc2)CC1. The summed E-state index contributed by atoms with van der Waals surface area (Å²) < 4.78 is 27.5. The average molecular weight is 490 g/mol. The predicted molar refractivity (Wildman–Crippen MR) is 127 cm³/mol. The van der Waals surface area contributed by atoms with Crippen LogP contribution >= 0.6 is 11.6 Å². The second-order valence-corrected chi connectivity index (χ2v) is 11.0. The van der Waals surface area contributed by atoms with Crippen molar-refractivity contribution in [3.8, 4) is 0 Å². The van der Waals surface area contributed by atoms with Gasteiger partial charge in [-0.05, 0) is 61.7 Å². The molecule has 7 nitrogen and oxygen atoms in total. The Balaban J connectivity index is 1.50. The van der Waals surface area contributed by atoms with Crippen LogP contribution in [0.15, 0.2) is 53.4 Å². The first-order valence-corrected chi connectivity index (χ1v) is 12.9. The van der Waals surface area contributed by atoms with E-state index in [1.54, 1.807) is 17.0 Å². The highest BCUT2D eigenvalue weighted by Gasteiger charge is 2.37. The number of piperazine rings is 1. The number of benzene rings is 2. The maximum atomic E-state index is 13.4. The zero-order chi connectivity index (χ0) is 23.8. The van der Waals surface area contributed by atoms with Gasteiger partial charge in [0.15, 0.2) is 0 Å². The third-order valence-electron chi connectivity index (χ3n) is 6.37. The van der Waals surface area contributed by atoms with Crippen LogP contribution in [0.5, 0.6) is 0 Å². The van der Waals surface area contributed by atoms with Gasteiger partial charge in [0.05, 0.1) is 10.9 Å². The van der Waals surface area contributed by atoms with Crippen molar-refractivity contribution in [1.82, 2.24) is 14.1 Å². The van der Waals surface area contributed by atoms with Gasteiger partial charge < -0.3 is 9.80 Å². The fraction of sp³-hybridized carbons (Fsp3) is 0.417. The summed E-state index contributed by atoms with van der Waals surface area (Å²) in [6, 6.07) is 13.7. The summed E-state index contributed by atoms with van der Waals surface area (Å²) in [5.41, 5.74) is 1.46. The Labute approximate surface area is 200 Å². The molecule has 4 rings (SSSR count). The fourth-order valence-electron chi connectivity index (χ4n) is 4.22. The fourth-order valence-corrected chi connectivity index (χ4v) is 5.77. The zero-order valence-electron chi connectivity index (χ0n) is 18.8. The van der Waals surface area contributed by atoms with Crippen molar-refractivity contribution in [1.29, 1.82) is 0 Å². The highest BCUT2D eigenvalue weighted by atomic mass is 35.5. The minimum Gasteiger partial charge on any atom is -0.340 e. The summed E-state index contributed by atoms with van der Waals surface area (Å²) in [6.07, 6.45) is 1.92. The molecule has 0 N–H and O–H groups in total. The summed E-state index contributed by atoms with van der Waals surface area (Å²) in [4.78, 5) is 28.6. The van der Waals surface area contributed by atoms with Crippen molar-refractivity contribution < 1.29 is 18.0 Å². The van der Waals surface area contributed by atoms with Crippen molar-refractivity contribution in [3.05, 3.63) is 64.7 Å². The zero-order valence-corrected chi connectivity index (χ0v) is 20.3. The van der Waals surface area contributed by atoms with Gasteiger partial charge in [-0.2, -0.15) is 4.31 Å². The monoisotopic (exact) mass is 489 g/mol. The van der Waals surface area contributed by atoms with Crippen LogP contribution < -0.4 is 0 Å². The molecule has 2 aromatic rings. The van der Waals surface area contributed by atoms with Gasteiger partial charge in [0.25, 0.3) is 5.91 Å². The molecule has 1 atom stereocenters. The van der Waals surface area contributed by atoms with Crippen LogP contribution in [0.3, 0.4) is 0 Å². The van der Waals surface area contributed by atoms with Crippen LogP contribution in [0, 0.1) is 0 Å². The lowest BCUT2D eigenvalue weighted by Crippen LogP contribution is -2.49. The van der Waals surface area contributed by atoms with Crippen molar-refractivity contribution in [2.75, 3.05) is 26.2 Å². The second-order valence-electron chi connectivity index (χ2n) is 8.61. The number of halogens is 1. The standard InChI is InChI=1S/C24H28ClN3O4S/c1-17(19-3-7-21(25)8-4-19)28(22-9-10-22)24(30)20-5-11-23(12-6-20)33(31,32)27-15-13-26(14-16-27)18(2)29/h3-8,11-12,17,22H,9-10,13-16H2,1-2H3. The highest BCUT2D eigenvalue weighted by Crippen LogP contribution is 2.36. The van der Waals surface area contributed by atoms with Gasteiger partial charge in [-0.3, -0.25) is 9.59 Å². The molecule has 1 saturated heterocycles. The van der Waals surface area contributed by atoms with Gasteiger partial charge in [0, 0.05) is 49.7 Å². The van der Waals surface area contributed by atoms with Gasteiger partial charge in [-0.1, -0.05) is 23.7 Å². The molecule has 0 aromatic heterocycles. The van der Waals surface area contributed by atoms with Crippen LogP contribution in [-0.2, 0) is 14.8 Å². The molecular formula is C24H28ClN3O4S. The molecule has 1 heterocycles. The van der Waals surface area contributed by atoms with Gasteiger partial charge in [-0.15, -0.1) is 0 Å². The lowest BCUT2D eigenvalue weighted by atomic mass is 10.1. The maximum absolute atomic E-state index is 13.4. The van der Waals surface area contributed by atoms with E-state index in [-0.39, 0.29) is 41.9 Å². The Morgan fingerprint density at radius 2 is 1.55 bits per heavy atom. The Morgan fingerprint density at radius 1 is 0.970 bits per heavy atom. The summed E-state index contributed by atoms with van der Waals surface area (Å²) >= 11 is 6.01. The number of hydrogen-bond acceptors (Lipinski definition) is 4. The summed E-state index contributed by atoms with van der Waals surface area (Å²) in [5.74, 6) is -0.165.